The van der Waals surface area contributed by atoms with E-state index in [1.165, 1.54) is 0 Å². The van der Waals surface area contributed by atoms with E-state index >= 15 is 0 Å². The maximum Gasteiger partial charge on any atom is 0.220 e. The highest BCUT2D eigenvalue weighted by Gasteiger charge is 2.05. The molecule has 0 aromatic heterocycles. The van der Waals surface area contributed by atoms with Crippen LogP contribution in [0.4, 0.5) is 0 Å². The van der Waals surface area contributed by atoms with E-state index in [2.05, 4.69) is 5.32 Å². The summed E-state index contributed by atoms with van der Waals surface area (Å²) in [5, 5.41) is 2.90. The summed E-state index contributed by atoms with van der Waals surface area (Å²) in [6.07, 6.45) is 1.18. The van der Waals surface area contributed by atoms with Gasteiger partial charge in [0.2, 0.25) is 5.91 Å². The Hall–Kier alpha value is -2.49. The first-order valence-corrected chi connectivity index (χ1v) is 8.19. The average Bonchev–Trinajstić information content (AvgIpc) is 2.59. The van der Waals surface area contributed by atoms with Crippen molar-refractivity contribution < 1.29 is 14.3 Å². The van der Waals surface area contributed by atoms with Gasteiger partial charge in [0.15, 0.2) is 0 Å². The molecule has 0 bridgehead atoms. The predicted octanol–water partition coefficient (Wildman–Crippen LogP) is 3.44. The molecule has 4 heteroatoms. The molecule has 0 spiro atoms. The molecule has 0 heterocycles. The summed E-state index contributed by atoms with van der Waals surface area (Å²) >= 11 is 0. The lowest BCUT2D eigenvalue weighted by Gasteiger charge is -2.12. The van der Waals surface area contributed by atoms with Crippen molar-refractivity contribution in [3.63, 3.8) is 0 Å². The zero-order chi connectivity index (χ0) is 17.4. The number of aryl methyl sites for hydroxylation is 3. The van der Waals surface area contributed by atoms with Crippen molar-refractivity contribution in [1.29, 1.82) is 0 Å². The molecule has 0 atom stereocenters. The van der Waals surface area contributed by atoms with Gasteiger partial charge in [-0.2, -0.15) is 0 Å². The van der Waals surface area contributed by atoms with Crippen LogP contribution in [0.2, 0.25) is 0 Å². The van der Waals surface area contributed by atoms with Crippen LogP contribution in [0.1, 0.15) is 23.1 Å². The fourth-order valence-electron chi connectivity index (χ4n) is 2.51. The zero-order valence-electron chi connectivity index (χ0n) is 14.6. The van der Waals surface area contributed by atoms with Crippen LogP contribution < -0.4 is 14.8 Å². The van der Waals surface area contributed by atoms with E-state index in [-0.39, 0.29) is 5.91 Å². The Balaban J connectivity index is 1.68. The molecule has 0 aliphatic rings. The highest BCUT2D eigenvalue weighted by molar-refractivity contribution is 5.76. The molecule has 4 nitrogen and oxygen atoms in total. The van der Waals surface area contributed by atoms with E-state index in [4.69, 9.17) is 9.47 Å². The number of carbonyl (C=O) groups is 1. The molecule has 2 aromatic rings. The molecule has 2 aromatic carbocycles. The van der Waals surface area contributed by atoms with Crippen LogP contribution in [0.15, 0.2) is 42.5 Å². The van der Waals surface area contributed by atoms with Crippen LogP contribution >= 0.6 is 0 Å². The third kappa shape index (κ3) is 5.30. The van der Waals surface area contributed by atoms with Crippen molar-refractivity contribution in [2.24, 2.45) is 0 Å². The smallest absolute Gasteiger partial charge is 0.220 e. The maximum atomic E-state index is 11.9. The average molecular weight is 327 g/mol. The van der Waals surface area contributed by atoms with E-state index in [9.17, 15) is 4.79 Å². The number of hydrogen-bond donors (Lipinski definition) is 1. The fourth-order valence-corrected chi connectivity index (χ4v) is 2.51. The van der Waals surface area contributed by atoms with E-state index in [0.717, 1.165) is 28.2 Å². The Morgan fingerprint density at radius 2 is 1.71 bits per heavy atom. The number of nitrogens with one attached hydrogen (secondary N) is 1. The normalized spacial score (nSPS) is 10.3. The molecule has 0 fully saturated rings. The fraction of sp³-hybridized carbons (Fsp3) is 0.350. The molecule has 1 N–H and O–H groups in total. The van der Waals surface area contributed by atoms with Crippen LogP contribution in [-0.2, 0) is 11.2 Å². The second-order valence-corrected chi connectivity index (χ2v) is 5.77. The minimum absolute atomic E-state index is 0.0379. The quantitative estimate of drug-likeness (QED) is 0.756. The Morgan fingerprint density at radius 3 is 2.33 bits per heavy atom. The van der Waals surface area contributed by atoms with Gasteiger partial charge in [0, 0.05) is 6.42 Å². The lowest BCUT2D eigenvalue weighted by molar-refractivity contribution is -0.121. The summed E-state index contributed by atoms with van der Waals surface area (Å²) in [6.45, 7) is 5.03. The van der Waals surface area contributed by atoms with Crippen LogP contribution in [0, 0.1) is 13.8 Å². The van der Waals surface area contributed by atoms with Gasteiger partial charge in [-0.05, 0) is 49.1 Å². The van der Waals surface area contributed by atoms with E-state index in [0.29, 0.717) is 26.0 Å². The van der Waals surface area contributed by atoms with Crippen LogP contribution in [0.25, 0.3) is 0 Å². The third-order valence-electron chi connectivity index (χ3n) is 3.88. The van der Waals surface area contributed by atoms with Crippen LogP contribution in [-0.4, -0.2) is 26.2 Å². The standard InChI is InChI=1S/C20H25NO3/c1-15-5-4-6-16(2)20(15)24-14-13-21-19(22)12-9-17-7-10-18(23-3)11-8-17/h4-8,10-11H,9,12-14H2,1-3H3,(H,21,22). The number of para-hydroxylation sites is 1. The van der Waals surface area contributed by atoms with Gasteiger partial charge >= 0.3 is 0 Å². The first-order chi connectivity index (χ1) is 11.6. The molecule has 0 aliphatic heterocycles. The summed E-state index contributed by atoms with van der Waals surface area (Å²) in [6, 6.07) is 13.8. The Kier molecular flexibility index (Phi) is 6.67. The molecule has 1 amide bonds. The number of amides is 1. The van der Waals surface area contributed by atoms with Gasteiger partial charge in [0.25, 0.3) is 0 Å². The Bertz CT molecular complexity index is 645. The SMILES string of the molecule is COc1ccc(CCC(=O)NCCOc2c(C)cccc2C)cc1. The van der Waals surface area contributed by atoms with Crippen LogP contribution in [0.5, 0.6) is 11.5 Å². The van der Waals surface area contributed by atoms with E-state index in [1.807, 2.05) is 56.3 Å². The minimum atomic E-state index is 0.0379. The second kappa shape index (κ2) is 8.96. The first-order valence-electron chi connectivity index (χ1n) is 8.19. The van der Waals surface area contributed by atoms with Crippen molar-refractivity contribution in [2.75, 3.05) is 20.3 Å². The Labute approximate surface area is 143 Å². The van der Waals surface area contributed by atoms with Gasteiger partial charge < -0.3 is 14.8 Å². The molecule has 128 valence electrons. The second-order valence-electron chi connectivity index (χ2n) is 5.77. The van der Waals surface area contributed by atoms with Gasteiger partial charge in [0.1, 0.15) is 18.1 Å². The molecule has 0 radical (unpaired) electrons. The topological polar surface area (TPSA) is 47.6 Å². The van der Waals surface area contributed by atoms with Crippen molar-refractivity contribution in [3.05, 3.63) is 59.2 Å². The van der Waals surface area contributed by atoms with E-state index < -0.39 is 0 Å². The molecule has 0 aliphatic carbocycles. The van der Waals surface area contributed by atoms with Crippen molar-refractivity contribution in [1.82, 2.24) is 5.32 Å². The van der Waals surface area contributed by atoms with Crippen molar-refractivity contribution >= 4 is 5.91 Å². The highest BCUT2D eigenvalue weighted by atomic mass is 16.5. The third-order valence-corrected chi connectivity index (χ3v) is 3.88. The Morgan fingerprint density at radius 1 is 1.04 bits per heavy atom. The van der Waals surface area contributed by atoms with Crippen molar-refractivity contribution in [3.8, 4) is 11.5 Å². The maximum absolute atomic E-state index is 11.9. The summed E-state index contributed by atoms with van der Waals surface area (Å²) < 4.78 is 10.9. The lowest BCUT2D eigenvalue weighted by atomic mass is 10.1. The molecule has 0 saturated heterocycles. The number of ether oxygens (including phenoxy) is 2. The van der Waals surface area contributed by atoms with Gasteiger partial charge in [-0.25, -0.2) is 0 Å². The molecule has 24 heavy (non-hydrogen) atoms. The summed E-state index contributed by atoms with van der Waals surface area (Å²) in [4.78, 5) is 11.9. The van der Waals surface area contributed by atoms with Crippen LogP contribution in [0.3, 0.4) is 0 Å². The number of hydrogen-bond acceptors (Lipinski definition) is 3. The molecule has 0 saturated carbocycles. The zero-order valence-corrected chi connectivity index (χ0v) is 14.6. The lowest BCUT2D eigenvalue weighted by Crippen LogP contribution is -2.28. The number of methoxy groups -OCH3 is 1. The highest BCUT2D eigenvalue weighted by Crippen LogP contribution is 2.21. The first kappa shape index (κ1) is 17.9. The number of benzene rings is 2. The molecular weight excluding hydrogens is 302 g/mol. The van der Waals surface area contributed by atoms with Gasteiger partial charge in [-0.3, -0.25) is 4.79 Å². The summed E-state index contributed by atoms with van der Waals surface area (Å²) in [7, 11) is 1.64. The predicted molar refractivity (Wildman–Crippen MR) is 95.7 cm³/mol. The summed E-state index contributed by atoms with van der Waals surface area (Å²) in [5.41, 5.74) is 3.35. The number of rotatable bonds is 8. The number of carbonyl (C=O) groups excluding carboxylic acids is 1. The largest absolute Gasteiger partial charge is 0.497 e. The molecule has 2 rings (SSSR count). The minimum Gasteiger partial charge on any atom is -0.497 e. The summed E-state index contributed by atoms with van der Waals surface area (Å²) in [5.74, 6) is 1.77. The monoisotopic (exact) mass is 327 g/mol. The molecular formula is C20H25NO3. The van der Waals surface area contributed by atoms with Gasteiger partial charge in [0.05, 0.1) is 13.7 Å². The van der Waals surface area contributed by atoms with Gasteiger partial charge in [-0.15, -0.1) is 0 Å². The molecule has 0 unspecified atom stereocenters. The van der Waals surface area contributed by atoms with Crippen molar-refractivity contribution in [2.45, 2.75) is 26.7 Å². The van der Waals surface area contributed by atoms with E-state index in [1.54, 1.807) is 7.11 Å². The van der Waals surface area contributed by atoms with Gasteiger partial charge in [-0.1, -0.05) is 30.3 Å².